The Kier molecular flexibility index (Phi) is 6.22. The zero-order valence-corrected chi connectivity index (χ0v) is 16.1. The highest BCUT2D eigenvalue weighted by molar-refractivity contribution is 7.92. The minimum atomic E-state index is -3.89. The molecule has 0 radical (unpaired) electrons. The fourth-order valence-electron chi connectivity index (χ4n) is 2.38. The monoisotopic (exact) mass is 390 g/mol. The molecule has 1 atom stereocenters. The Balaban J connectivity index is 2.25. The number of aliphatic carboxylic acids is 1. The highest BCUT2D eigenvalue weighted by Gasteiger charge is 2.20. The van der Waals surface area contributed by atoms with E-state index in [4.69, 9.17) is 5.11 Å². The van der Waals surface area contributed by atoms with E-state index in [2.05, 4.69) is 10.0 Å². The van der Waals surface area contributed by atoms with E-state index in [0.717, 1.165) is 5.56 Å². The average Bonchev–Trinajstić information content (AvgIpc) is 2.59. The van der Waals surface area contributed by atoms with Crippen LogP contribution in [0.1, 0.15) is 28.4 Å². The number of hydrogen-bond donors (Lipinski definition) is 3. The molecule has 0 aromatic heterocycles. The molecule has 7 nitrogen and oxygen atoms in total. The van der Waals surface area contributed by atoms with Crippen molar-refractivity contribution >= 4 is 27.6 Å². The van der Waals surface area contributed by atoms with Gasteiger partial charge in [0.1, 0.15) is 0 Å². The number of sulfonamides is 1. The van der Waals surface area contributed by atoms with Crippen molar-refractivity contribution in [3.63, 3.8) is 0 Å². The Labute approximate surface area is 158 Å². The predicted molar refractivity (Wildman–Crippen MR) is 102 cm³/mol. The Morgan fingerprint density at radius 1 is 1.11 bits per heavy atom. The van der Waals surface area contributed by atoms with E-state index in [1.54, 1.807) is 31.2 Å². The first-order chi connectivity index (χ1) is 12.6. The zero-order valence-electron chi connectivity index (χ0n) is 15.3. The van der Waals surface area contributed by atoms with Crippen LogP contribution in [-0.4, -0.2) is 31.9 Å². The molecule has 0 bridgehead atoms. The molecule has 0 aliphatic rings. The molecular weight excluding hydrogens is 368 g/mol. The van der Waals surface area contributed by atoms with Gasteiger partial charge < -0.3 is 10.4 Å². The molecule has 0 aliphatic heterocycles. The number of benzene rings is 2. The van der Waals surface area contributed by atoms with E-state index in [0.29, 0.717) is 11.3 Å². The lowest BCUT2D eigenvalue weighted by Crippen LogP contribution is -2.31. The van der Waals surface area contributed by atoms with Crippen LogP contribution in [0.25, 0.3) is 0 Å². The SMILES string of the molecule is Cc1cccc(NS(=O)(=O)c2cc(C(=O)NCC(C)C(=O)O)ccc2C)c1. The highest BCUT2D eigenvalue weighted by Crippen LogP contribution is 2.21. The third kappa shape index (κ3) is 5.30. The third-order valence-corrected chi connectivity index (χ3v) is 5.52. The fourth-order valence-corrected chi connectivity index (χ4v) is 3.71. The van der Waals surface area contributed by atoms with Gasteiger partial charge in [-0.2, -0.15) is 0 Å². The summed E-state index contributed by atoms with van der Waals surface area (Å²) in [5.74, 6) is -2.30. The number of carbonyl (C=O) groups excluding carboxylic acids is 1. The smallest absolute Gasteiger partial charge is 0.308 e. The van der Waals surface area contributed by atoms with E-state index < -0.39 is 27.8 Å². The van der Waals surface area contributed by atoms with Gasteiger partial charge in [-0.25, -0.2) is 8.42 Å². The van der Waals surface area contributed by atoms with E-state index in [-0.39, 0.29) is 17.0 Å². The van der Waals surface area contributed by atoms with Crippen molar-refractivity contribution in [1.82, 2.24) is 5.32 Å². The lowest BCUT2D eigenvalue weighted by atomic mass is 10.1. The largest absolute Gasteiger partial charge is 0.481 e. The first-order valence-electron chi connectivity index (χ1n) is 8.31. The first kappa shape index (κ1) is 20.4. The van der Waals surface area contributed by atoms with Crippen molar-refractivity contribution in [2.24, 2.45) is 5.92 Å². The van der Waals surface area contributed by atoms with Gasteiger partial charge in [0.05, 0.1) is 10.8 Å². The minimum Gasteiger partial charge on any atom is -0.481 e. The summed E-state index contributed by atoms with van der Waals surface area (Å²) in [6, 6.07) is 11.3. The van der Waals surface area contributed by atoms with Crippen LogP contribution in [0.3, 0.4) is 0 Å². The topological polar surface area (TPSA) is 113 Å². The van der Waals surface area contributed by atoms with Gasteiger partial charge in [0.15, 0.2) is 0 Å². The summed E-state index contributed by atoms with van der Waals surface area (Å²) in [7, 11) is -3.89. The van der Waals surface area contributed by atoms with Crippen molar-refractivity contribution in [2.75, 3.05) is 11.3 Å². The van der Waals surface area contributed by atoms with Crippen molar-refractivity contribution in [3.05, 3.63) is 59.2 Å². The number of nitrogens with one attached hydrogen (secondary N) is 2. The molecule has 0 saturated carbocycles. The van der Waals surface area contributed by atoms with Crippen LogP contribution in [0.5, 0.6) is 0 Å². The van der Waals surface area contributed by atoms with Gasteiger partial charge in [0.2, 0.25) is 0 Å². The number of carboxylic acids is 1. The maximum Gasteiger partial charge on any atom is 0.308 e. The summed E-state index contributed by atoms with van der Waals surface area (Å²) in [6.45, 7) is 4.91. The quantitative estimate of drug-likeness (QED) is 0.672. The average molecular weight is 390 g/mol. The third-order valence-electron chi connectivity index (χ3n) is 4.00. The summed E-state index contributed by atoms with van der Waals surface area (Å²) in [5.41, 5.74) is 1.97. The van der Waals surface area contributed by atoms with Gasteiger partial charge in [-0.1, -0.05) is 25.1 Å². The molecule has 1 amide bonds. The number of rotatable bonds is 7. The number of carbonyl (C=O) groups is 2. The van der Waals surface area contributed by atoms with Crippen molar-refractivity contribution in [2.45, 2.75) is 25.7 Å². The van der Waals surface area contributed by atoms with Crippen molar-refractivity contribution in [1.29, 1.82) is 0 Å². The van der Waals surface area contributed by atoms with Gasteiger partial charge >= 0.3 is 5.97 Å². The molecule has 3 N–H and O–H groups in total. The summed E-state index contributed by atoms with van der Waals surface area (Å²) in [4.78, 5) is 23.1. The predicted octanol–water partition coefficient (Wildman–Crippen LogP) is 2.55. The second kappa shape index (κ2) is 8.22. The molecule has 0 heterocycles. The lowest BCUT2D eigenvalue weighted by Gasteiger charge is -2.13. The van der Waals surface area contributed by atoms with Crippen LogP contribution < -0.4 is 10.0 Å². The number of hydrogen-bond acceptors (Lipinski definition) is 4. The first-order valence-corrected chi connectivity index (χ1v) is 9.79. The van der Waals surface area contributed by atoms with Gasteiger partial charge in [0, 0.05) is 17.8 Å². The molecule has 27 heavy (non-hydrogen) atoms. The van der Waals surface area contributed by atoms with Crippen molar-refractivity contribution in [3.8, 4) is 0 Å². The molecule has 2 rings (SSSR count). The van der Waals surface area contributed by atoms with Crippen LogP contribution in [0, 0.1) is 19.8 Å². The van der Waals surface area contributed by atoms with Gasteiger partial charge in [-0.15, -0.1) is 0 Å². The minimum absolute atomic E-state index is 0.0112. The Hall–Kier alpha value is -2.87. The van der Waals surface area contributed by atoms with Crippen LogP contribution in [-0.2, 0) is 14.8 Å². The highest BCUT2D eigenvalue weighted by atomic mass is 32.2. The Morgan fingerprint density at radius 3 is 2.44 bits per heavy atom. The second-order valence-corrected chi connectivity index (χ2v) is 8.06. The molecule has 8 heteroatoms. The van der Waals surface area contributed by atoms with Gasteiger partial charge in [0.25, 0.3) is 15.9 Å². The summed E-state index contributed by atoms with van der Waals surface area (Å²) >= 11 is 0. The van der Waals surface area contributed by atoms with Crippen LogP contribution in [0.2, 0.25) is 0 Å². The Bertz CT molecular complexity index is 970. The van der Waals surface area contributed by atoms with Gasteiger partial charge in [-0.05, 0) is 49.2 Å². The summed E-state index contributed by atoms with van der Waals surface area (Å²) in [6.07, 6.45) is 0. The summed E-state index contributed by atoms with van der Waals surface area (Å²) in [5, 5.41) is 11.4. The molecule has 0 spiro atoms. The molecule has 1 unspecified atom stereocenters. The van der Waals surface area contributed by atoms with Crippen LogP contribution in [0.15, 0.2) is 47.4 Å². The normalized spacial score (nSPS) is 12.3. The van der Waals surface area contributed by atoms with Crippen LogP contribution in [0.4, 0.5) is 5.69 Å². The van der Waals surface area contributed by atoms with Crippen LogP contribution >= 0.6 is 0 Å². The number of aryl methyl sites for hydroxylation is 2. The Morgan fingerprint density at radius 2 is 1.81 bits per heavy atom. The molecular formula is C19H22N2O5S. The molecule has 0 saturated heterocycles. The maximum absolute atomic E-state index is 12.7. The van der Waals surface area contributed by atoms with E-state index >= 15 is 0 Å². The number of amides is 1. The number of anilines is 1. The zero-order chi connectivity index (χ0) is 20.2. The standard InChI is InChI=1S/C19H22N2O5S/c1-12-5-4-6-16(9-12)21-27(25,26)17-10-15(8-7-13(17)2)18(22)20-11-14(3)19(23)24/h4-10,14,21H,11H2,1-3H3,(H,20,22)(H,23,24). The molecule has 2 aromatic rings. The maximum atomic E-state index is 12.7. The lowest BCUT2D eigenvalue weighted by molar-refractivity contribution is -0.140. The molecule has 0 fully saturated rings. The molecule has 0 aliphatic carbocycles. The summed E-state index contributed by atoms with van der Waals surface area (Å²) < 4.78 is 28.0. The number of carboxylic acid groups (broad SMARTS) is 1. The molecule has 2 aromatic carbocycles. The fraction of sp³-hybridized carbons (Fsp3) is 0.263. The van der Waals surface area contributed by atoms with Gasteiger partial charge in [-0.3, -0.25) is 14.3 Å². The van der Waals surface area contributed by atoms with E-state index in [1.165, 1.54) is 19.1 Å². The van der Waals surface area contributed by atoms with E-state index in [9.17, 15) is 18.0 Å². The second-order valence-electron chi connectivity index (χ2n) is 6.40. The van der Waals surface area contributed by atoms with E-state index in [1.807, 2.05) is 13.0 Å². The van der Waals surface area contributed by atoms with Crippen molar-refractivity contribution < 1.29 is 23.1 Å². The molecule has 144 valence electrons.